The van der Waals surface area contributed by atoms with E-state index in [1.165, 1.54) is 44.9 Å². The molecule has 0 radical (unpaired) electrons. The van der Waals surface area contributed by atoms with Crippen molar-refractivity contribution in [3.8, 4) is 5.75 Å². The van der Waals surface area contributed by atoms with Crippen molar-refractivity contribution in [3.63, 3.8) is 0 Å². The van der Waals surface area contributed by atoms with Gasteiger partial charge in [-0.05, 0) is 97.5 Å². The lowest BCUT2D eigenvalue weighted by molar-refractivity contribution is 0.0987. The van der Waals surface area contributed by atoms with Crippen molar-refractivity contribution in [2.45, 2.75) is 31.6 Å². The molecule has 1 amide bonds. The Labute approximate surface area is 232 Å². The smallest absolute Gasteiger partial charge is 0.280 e. The minimum atomic E-state index is -3.62. The number of aromatic nitrogens is 1. The fourth-order valence-electron chi connectivity index (χ4n) is 4.38. The molecule has 0 atom stereocenters. The number of aryl methyl sites for hydroxylation is 1. The lowest BCUT2D eigenvalue weighted by Gasteiger charge is -2.29. The van der Waals surface area contributed by atoms with Crippen molar-refractivity contribution in [3.05, 3.63) is 83.4 Å². The van der Waals surface area contributed by atoms with Crippen LogP contribution < -0.4 is 9.75 Å². The molecule has 1 aliphatic rings. The highest BCUT2D eigenvalue weighted by molar-refractivity contribution is 7.89. The molecule has 202 valence electrons. The summed E-state index contributed by atoms with van der Waals surface area (Å²) in [5.41, 5.74) is 2.96. The van der Waals surface area contributed by atoms with E-state index in [1.54, 1.807) is 13.3 Å². The van der Waals surface area contributed by atoms with Crippen molar-refractivity contribution >= 4 is 48.8 Å². The first-order valence-corrected chi connectivity index (χ1v) is 15.0. The molecule has 0 N–H and O–H groups in total. The van der Waals surface area contributed by atoms with Gasteiger partial charge in [0.15, 0.2) is 0 Å². The van der Waals surface area contributed by atoms with Crippen LogP contribution in [0, 0.1) is 12.8 Å². The Morgan fingerprint density at radius 3 is 2.44 bits per heavy atom. The minimum absolute atomic E-state index is 0.178. The van der Waals surface area contributed by atoms with Crippen molar-refractivity contribution in [2.75, 3.05) is 25.2 Å². The van der Waals surface area contributed by atoms with Gasteiger partial charge >= 0.3 is 0 Å². The van der Waals surface area contributed by atoms with Gasteiger partial charge in [-0.3, -0.25) is 4.79 Å². The third-order valence-electron chi connectivity index (χ3n) is 6.83. The predicted octanol–water partition coefficient (Wildman–Crippen LogP) is 5.71. The summed E-state index contributed by atoms with van der Waals surface area (Å²) in [7, 11) is -2.02. The zero-order valence-corrected chi connectivity index (χ0v) is 23.7. The van der Waals surface area contributed by atoms with Crippen LogP contribution in [0.25, 0.3) is 10.2 Å². The minimum Gasteiger partial charge on any atom is -0.497 e. The summed E-state index contributed by atoms with van der Waals surface area (Å²) in [6.45, 7) is 5.16. The summed E-state index contributed by atoms with van der Waals surface area (Å²) in [5.74, 6) is 0.828. The van der Waals surface area contributed by atoms with Gasteiger partial charge < -0.3 is 4.74 Å². The van der Waals surface area contributed by atoms with Gasteiger partial charge in [-0.25, -0.2) is 13.4 Å². The number of hydrogen-bond acceptors (Lipinski definition) is 7. The van der Waals surface area contributed by atoms with Crippen LogP contribution >= 0.6 is 11.3 Å². The van der Waals surface area contributed by atoms with Gasteiger partial charge in [0.2, 0.25) is 15.2 Å². The first-order chi connectivity index (χ1) is 18.7. The standard InChI is InChI=1S/C29H30N4O4S2/c1-20-14-16-32(17-15-20)39(35,36)25-11-7-23(8-12-25)28(34)33(30-19-22-5-9-24(37-3)10-6-22)29-31-26-13-4-21(2)18-27(26)38-29/h4-13,18-20H,14-17H2,1-3H3/b30-19+. The zero-order valence-electron chi connectivity index (χ0n) is 22.1. The van der Waals surface area contributed by atoms with Gasteiger partial charge in [0.25, 0.3) is 5.91 Å². The molecule has 39 heavy (non-hydrogen) atoms. The third-order valence-corrected chi connectivity index (χ3v) is 9.73. The molecule has 3 aromatic carbocycles. The maximum Gasteiger partial charge on any atom is 0.280 e. The fraction of sp³-hybridized carbons (Fsp3) is 0.276. The second kappa shape index (κ2) is 11.3. The zero-order chi connectivity index (χ0) is 27.6. The van der Waals surface area contributed by atoms with E-state index >= 15 is 0 Å². The number of nitrogens with zero attached hydrogens (tertiary/aromatic N) is 4. The molecular weight excluding hydrogens is 532 g/mol. The van der Waals surface area contributed by atoms with E-state index in [0.29, 0.717) is 29.7 Å². The van der Waals surface area contributed by atoms with Crippen molar-refractivity contribution in [1.29, 1.82) is 0 Å². The highest BCUT2D eigenvalue weighted by Crippen LogP contribution is 2.31. The van der Waals surface area contributed by atoms with E-state index in [-0.39, 0.29) is 4.90 Å². The molecule has 0 aliphatic carbocycles. The molecule has 4 aromatic rings. The molecule has 10 heteroatoms. The third kappa shape index (κ3) is 5.88. The second-order valence-electron chi connectivity index (χ2n) is 9.71. The molecule has 0 spiro atoms. The van der Waals surface area contributed by atoms with Crippen LogP contribution in [0.15, 0.2) is 76.7 Å². The number of thiazole rings is 1. The number of methoxy groups -OCH3 is 1. The van der Waals surface area contributed by atoms with E-state index in [2.05, 4.69) is 17.0 Å². The Kier molecular flexibility index (Phi) is 7.79. The van der Waals surface area contributed by atoms with Gasteiger partial charge in [-0.2, -0.15) is 14.4 Å². The molecule has 0 unspecified atom stereocenters. The molecule has 0 bridgehead atoms. The Bertz CT molecular complexity index is 1610. The molecule has 1 aliphatic heterocycles. The number of piperidine rings is 1. The molecular formula is C29H30N4O4S2. The SMILES string of the molecule is COc1ccc(/C=N/N(C(=O)c2ccc(S(=O)(=O)N3CCC(C)CC3)cc2)c2nc3ccc(C)cc3s2)cc1. The largest absolute Gasteiger partial charge is 0.497 e. The lowest BCUT2D eigenvalue weighted by atomic mass is 10.0. The quantitative estimate of drug-likeness (QED) is 0.212. The number of hydrogen-bond donors (Lipinski definition) is 0. The molecule has 0 saturated carbocycles. The molecule has 1 saturated heterocycles. The Morgan fingerprint density at radius 1 is 1.08 bits per heavy atom. The average molecular weight is 563 g/mol. The highest BCUT2D eigenvalue weighted by atomic mass is 32.2. The average Bonchev–Trinajstić information content (AvgIpc) is 3.36. The van der Waals surface area contributed by atoms with Gasteiger partial charge in [-0.15, -0.1) is 0 Å². The number of ether oxygens (including phenoxy) is 1. The summed E-state index contributed by atoms with van der Waals surface area (Å²) in [4.78, 5) is 18.5. The Hall–Kier alpha value is -3.60. The van der Waals surface area contributed by atoms with Crippen LogP contribution in [-0.2, 0) is 10.0 Å². The molecule has 1 fully saturated rings. The van der Waals surface area contributed by atoms with E-state index < -0.39 is 15.9 Å². The van der Waals surface area contributed by atoms with E-state index in [1.807, 2.05) is 49.4 Å². The van der Waals surface area contributed by atoms with Crippen LogP contribution in [0.3, 0.4) is 0 Å². The number of carbonyl (C=O) groups is 1. The Morgan fingerprint density at radius 2 is 1.77 bits per heavy atom. The number of anilines is 1. The van der Waals surface area contributed by atoms with E-state index in [4.69, 9.17) is 4.74 Å². The van der Waals surface area contributed by atoms with Gasteiger partial charge in [0, 0.05) is 18.7 Å². The van der Waals surface area contributed by atoms with Gasteiger partial charge in [0.1, 0.15) is 5.75 Å². The predicted molar refractivity (Wildman–Crippen MR) is 155 cm³/mol. The van der Waals surface area contributed by atoms with Crippen LogP contribution in [0.4, 0.5) is 5.13 Å². The Balaban J connectivity index is 1.45. The highest BCUT2D eigenvalue weighted by Gasteiger charge is 2.29. The van der Waals surface area contributed by atoms with Crippen molar-refractivity contribution < 1.29 is 17.9 Å². The van der Waals surface area contributed by atoms with Gasteiger partial charge in [0.05, 0.1) is 28.4 Å². The fourth-order valence-corrected chi connectivity index (χ4v) is 6.87. The number of hydrazone groups is 1. The maximum atomic E-state index is 13.7. The number of fused-ring (bicyclic) bond motifs is 1. The number of rotatable bonds is 7. The summed E-state index contributed by atoms with van der Waals surface area (Å²) in [6, 6.07) is 19.3. The van der Waals surface area contributed by atoms with Crippen LogP contribution in [0.1, 0.15) is 41.3 Å². The van der Waals surface area contributed by atoms with Gasteiger partial charge in [-0.1, -0.05) is 24.3 Å². The van der Waals surface area contributed by atoms with E-state index in [0.717, 1.165) is 39.9 Å². The number of benzene rings is 3. The summed E-state index contributed by atoms with van der Waals surface area (Å²) >= 11 is 1.37. The maximum absolute atomic E-state index is 13.7. The molecule has 8 nitrogen and oxygen atoms in total. The number of amides is 1. The van der Waals surface area contributed by atoms with Crippen LogP contribution in [-0.4, -0.2) is 50.0 Å². The lowest BCUT2D eigenvalue weighted by Crippen LogP contribution is -2.37. The number of sulfonamides is 1. The second-order valence-corrected chi connectivity index (χ2v) is 12.7. The summed E-state index contributed by atoms with van der Waals surface area (Å²) in [6.07, 6.45) is 3.28. The molecule has 1 aromatic heterocycles. The van der Waals surface area contributed by atoms with E-state index in [9.17, 15) is 13.2 Å². The van der Waals surface area contributed by atoms with Crippen molar-refractivity contribution in [1.82, 2.24) is 9.29 Å². The van der Waals surface area contributed by atoms with Crippen LogP contribution in [0.5, 0.6) is 5.75 Å². The number of carbonyl (C=O) groups excluding carboxylic acids is 1. The first kappa shape index (κ1) is 27.0. The monoisotopic (exact) mass is 562 g/mol. The van der Waals surface area contributed by atoms with Crippen LogP contribution in [0.2, 0.25) is 0 Å². The summed E-state index contributed by atoms with van der Waals surface area (Å²) in [5, 5.41) is 6.19. The topological polar surface area (TPSA) is 92.2 Å². The normalized spacial score (nSPS) is 15.2. The first-order valence-electron chi connectivity index (χ1n) is 12.7. The molecule has 5 rings (SSSR count). The summed E-state index contributed by atoms with van der Waals surface area (Å²) < 4.78 is 34.0. The molecule has 2 heterocycles. The van der Waals surface area contributed by atoms with Crippen molar-refractivity contribution in [2.24, 2.45) is 11.0 Å².